The SMILES string of the molecule is NC(N)=NCCC[C@H](NC(=O)[C@H](CO)NC(=O)[C@@H]1CCN1)C(=O)NCC(=O)N[C@@H](CC(=O)O)C(=O)N[C@@H](Cc1c[nH]c2ccccc12)C(=O)O. The number of aliphatic carboxylic acids is 2. The van der Waals surface area contributed by atoms with Crippen molar-refractivity contribution in [3.8, 4) is 0 Å². The Kier molecular flexibility index (Phi) is 14.5. The molecule has 1 aliphatic heterocycles. The number of carboxylic acids is 2. The number of hydrogen-bond acceptors (Lipinski definition) is 10. The lowest BCUT2D eigenvalue weighted by atomic mass is 10.0. The minimum absolute atomic E-state index is 0.0384. The normalized spacial score (nSPS) is 16.0. The van der Waals surface area contributed by atoms with E-state index in [-0.39, 0.29) is 31.8 Å². The lowest BCUT2D eigenvalue weighted by Gasteiger charge is -2.28. The van der Waals surface area contributed by atoms with E-state index in [1.165, 1.54) is 0 Å². The molecule has 1 aromatic carbocycles. The van der Waals surface area contributed by atoms with Gasteiger partial charge in [-0.15, -0.1) is 0 Å². The Hall–Kier alpha value is -5.76. The van der Waals surface area contributed by atoms with Crippen molar-refractivity contribution >= 4 is 58.3 Å². The summed E-state index contributed by atoms with van der Waals surface area (Å²) in [7, 11) is 0. The molecule has 5 atom stereocenters. The topological polar surface area (TPSA) is 333 Å². The van der Waals surface area contributed by atoms with Crippen LogP contribution < -0.4 is 43.4 Å². The van der Waals surface area contributed by atoms with Crippen molar-refractivity contribution < 1.29 is 48.9 Å². The number of nitrogens with zero attached hydrogens (tertiary/aromatic N) is 1. The number of para-hydroxylation sites is 1. The number of hydrogen-bond donors (Lipinski definition) is 12. The number of benzene rings is 1. The van der Waals surface area contributed by atoms with Crippen LogP contribution in [0.5, 0.6) is 0 Å². The van der Waals surface area contributed by atoms with Crippen molar-refractivity contribution in [2.24, 2.45) is 16.5 Å². The van der Waals surface area contributed by atoms with Gasteiger partial charge < -0.3 is 63.7 Å². The number of aromatic amines is 1. The molecule has 50 heavy (non-hydrogen) atoms. The number of H-pyrrole nitrogens is 1. The Morgan fingerprint density at radius 3 is 2.20 bits per heavy atom. The van der Waals surface area contributed by atoms with Crippen LogP contribution >= 0.6 is 0 Å². The van der Waals surface area contributed by atoms with Crippen molar-refractivity contribution in [2.75, 3.05) is 26.2 Å². The number of amides is 5. The first kappa shape index (κ1) is 38.7. The summed E-state index contributed by atoms with van der Waals surface area (Å²) < 4.78 is 0. The number of aliphatic hydroxyl groups excluding tert-OH is 1. The number of aromatic nitrogens is 1. The van der Waals surface area contributed by atoms with Gasteiger partial charge in [-0.1, -0.05) is 18.2 Å². The second kappa shape index (κ2) is 18.7. The van der Waals surface area contributed by atoms with Crippen LogP contribution in [0.15, 0.2) is 35.5 Å². The van der Waals surface area contributed by atoms with Crippen LogP contribution in [0.3, 0.4) is 0 Å². The standard InChI is InChI=1S/C30H42N10O10/c31-30(32)34-8-3-6-19(38-28(48)22(14-41)40-26(46)18-7-9-33-18)25(45)36-13-23(42)37-20(11-24(43)44)27(47)39-21(29(49)50)10-15-12-35-17-5-2-1-4-16(15)17/h1-2,4-5,12,18-22,33,35,41H,3,6-11,13-14H2,(H,36,45)(H,37,42)(H,38,48)(H,39,47)(H,40,46)(H,43,44)(H,49,50)(H4,31,32,34)/t18-,19-,20-,21-,22-/m0/s1. The zero-order valence-electron chi connectivity index (χ0n) is 26.9. The van der Waals surface area contributed by atoms with E-state index in [0.29, 0.717) is 18.5 Å². The number of guanidine groups is 1. The smallest absolute Gasteiger partial charge is 0.326 e. The predicted molar refractivity (Wildman–Crippen MR) is 176 cm³/mol. The summed E-state index contributed by atoms with van der Waals surface area (Å²) in [4.78, 5) is 94.4. The monoisotopic (exact) mass is 702 g/mol. The highest BCUT2D eigenvalue weighted by Crippen LogP contribution is 2.19. The van der Waals surface area contributed by atoms with Gasteiger partial charge in [0.2, 0.25) is 29.5 Å². The summed E-state index contributed by atoms with van der Waals surface area (Å²) >= 11 is 0. The highest BCUT2D eigenvalue weighted by Gasteiger charge is 2.32. The van der Waals surface area contributed by atoms with Gasteiger partial charge in [-0.05, 0) is 37.4 Å². The quantitative estimate of drug-likeness (QED) is 0.0354. The predicted octanol–water partition coefficient (Wildman–Crippen LogP) is -4.27. The number of nitrogens with two attached hydrogens (primary N) is 2. The third-order valence-electron chi connectivity index (χ3n) is 7.70. The lowest BCUT2D eigenvalue weighted by Crippen LogP contribution is -2.60. The molecule has 20 heteroatoms. The van der Waals surface area contributed by atoms with Crippen LogP contribution in [-0.4, -0.2) is 124 Å². The van der Waals surface area contributed by atoms with E-state index >= 15 is 0 Å². The fraction of sp³-hybridized carbons (Fsp3) is 0.467. The highest BCUT2D eigenvalue weighted by molar-refractivity contribution is 5.96. The second-order valence-electron chi connectivity index (χ2n) is 11.4. The van der Waals surface area contributed by atoms with Gasteiger partial charge in [0.25, 0.3) is 0 Å². The summed E-state index contributed by atoms with van der Waals surface area (Å²) in [5.74, 6) is -7.42. The molecule has 0 bridgehead atoms. The molecule has 0 unspecified atom stereocenters. The molecule has 0 radical (unpaired) electrons. The molecule has 1 saturated heterocycles. The first-order chi connectivity index (χ1) is 23.8. The third kappa shape index (κ3) is 11.7. The fourth-order valence-electron chi connectivity index (χ4n) is 4.94. The van der Waals surface area contributed by atoms with Gasteiger partial charge in [-0.25, -0.2) is 4.79 Å². The Bertz CT molecular complexity index is 1590. The van der Waals surface area contributed by atoms with Crippen molar-refractivity contribution in [1.29, 1.82) is 0 Å². The van der Waals surface area contributed by atoms with Crippen LogP contribution in [-0.2, 0) is 40.0 Å². The number of rotatable bonds is 20. The van der Waals surface area contributed by atoms with Crippen molar-refractivity contribution in [2.45, 2.75) is 62.3 Å². The molecule has 14 N–H and O–H groups in total. The Morgan fingerprint density at radius 1 is 0.900 bits per heavy atom. The van der Waals surface area contributed by atoms with E-state index < -0.39 is 91.3 Å². The Labute approximate surface area is 285 Å². The van der Waals surface area contributed by atoms with Gasteiger partial charge in [0.15, 0.2) is 5.96 Å². The first-order valence-electron chi connectivity index (χ1n) is 15.7. The van der Waals surface area contributed by atoms with Gasteiger partial charge in [-0.2, -0.15) is 0 Å². The Morgan fingerprint density at radius 2 is 1.58 bits per heavy atom. The minimum Gasteiger partial charge on any atom is -0.481 e. The van der Waals surface area contributed by atoms with E-state index in [1.807, 2.05) is 0 Å². The summed E-state index contributed by atoms with van der Waals surface area (Å²) in [6, 6.07) is 0.706. The molecule has 0 saturated carbocycles. The average Bonchev–Trinajstić information content (AvgIpc) is 3.44. The molecule has 272 valence electrons. The van der Waals surface area contributed by atoms with Crippen LogP contribution in [0, 0.1) is 0 Å². The van der Waals surface area contributed by atoms with E-state index in [2.05, 4.69) is 41.9 Å². The van der Waals surface area contributed by atoms with Crippen molar-refractivity contribution in [3.63, 3.8) is 0 Å². The Balaban J connectivity index is 1.62. The number of aliphatic imine (C=N–C) groups is 1. The number of fused-ring (bicyclic) bond motifs is 1. The number of carboxylic acid groups (broad SMARTS) is 2. The first-order valence-corrected chi connectivity index (χ1v) is 15.7. The van der Waals surface area contributed by atoms with E-state index in [1.54, 1.807) is 30.5 Å². The number of carbonyl (C=O) groups is 7. The molecule has 1 fully saturated rings. The summed E-state index contributed by atoms with van der Waals surface area (Å²) in [6.45, 7) is -0.837. The van der Waals surface area contributed by atoms with E-state index in [4.69, 9.17) is 11.5 Å². The van der Waals surface area contributed by atoms with Crippen molar-refractivity contribution in [3.05, 3.63) is 36.0 Å². The van der Waals surface area contributed by atoms with Gasteiger partial charge in [0.1, 0.15) is 24.2 Å². The summed E-state index contributed by atoms with van der Waals surface area (Å²) in [5.41, 5.74) is 12.0. The van der Waals surface area contributed by atoms with Crippen LogP contribution in [0.1, 0.15) is 31.2 Å². The fourth-order valence-corrected chi connectivity index (χ4v) is 4.94. The molecule has 5 amide bonds. The zero-order chi connectivity index (χ0) is 36.8. The number of carbonyl (C=O) groups excluding carboxylic acids is 5. The van der Waals surface area contributed by atoms with Crippen LogP contribution in [0.4, 0.5) is 0 Å². The van der Waals surface area contributed by atoms with Gasteiger partial charge in [0, 0.05) is 30.1 Å². The maximum atomic E-state index is 13.1. The van der Waals surface area contributed by atoms with E-state index in [9.17, 15) is 48.9 Å². The second-order valence-corrected chi connectivity index (χ2v) is 11.4. The summed E-state index contributed by atoms with van der Waals surface area (Å²) in [6.07, 6.45) is 1.24. The number of aliphatic hydroxyl groups is 1. The molecule has 2 aromatic rings. The molecular weight excluding hydrogens is 660 g/mol. The molecule has 0 spiro atoms. The van der Waals surface area contributed by atoms with Crippen LogP contribution in [0.25, 0.3) is 10.9 Å². The number of nitrogens with one attached hydrogen (secondary N) is 7. The molecule has 2 heterocycles. The van der Waals surface area contributed by atoms with Crippen LogP contribution in [0.2, 0.25) is 0 Å². The van der Waals surface area contributed by atoms with Gasteiger partial charge in [-0.3, -0.25) is 33.8 Å². The molecule has 3 rings (SSSR count). The minimum atomic E-state index is -1.71. The zero-order valence-corrected chi connectivity index (χ0v) is 26.9. The van der Waals surface area contributed by atoms with E-state index in [0.717, 1.165) is 10.9 Å². The highest BCUT2D eigenvalue weighted by atomic mass is 16.4. The maximum absolute atomic E-state index is 13.1. The molecule has 1 aliphatic rings. The largest absolute Gasteiger partial charge is 0.481 e. The van der Waals surface area contributed by atoms with Gasteiger partial charge >= 0.3 is 11.9 Å². The maximum Gasteiger partial charge on any atom is 0.326 e. The molecule has 1 aromatic heterocycles. The van der Waals surface area contributed by atoms with Crippen molar-refractivity contribution in [1.82, 2.24) is 36.9 Å². The van der Waals surface area contributed by atoms with Gasteiger partial charge in [0.05, 0.1) is 25.6 Å². The average molecular weight is 703 g/mol. The molecular formula is C30H42N10O10. The third-order valence-corrected chi connectivity index (χ3v) is 7.70. The molecule has 0 aliphatic carbocycles. The summed E-state index contributed by atoms with van der Waals surface area (Å²) in [5, 5.41) is 44.0. The lowest BCUT2D eigenvalue weighted by molar-refractivity contribution is -0.143. The molecule has 20 nitrogen and oxygen atoms in total.